The third kappa shape index (κ3) is 2.79. The van der Waals surface area contributed by atoms with Gasteiger partial charge in [0.15, 0.2) is 0 Å². The molecule has 0 spiro atoms. The van der Waals surface area contributed by atoms with Crippen molar-refractivity contribution in [1.29, 1.82) is 0 Å². The smallest absolute Gasteiger partial charge is 0.148 e. The zero-order valence-corrected chi connectivity index (χ0v) is 10.6. The Labute approximate surface area is 109 Å². The van der Waals surface area contributed by atoms with Crippen molar-refractivity contribution in [2.75, 3.05) is 19.8 Å². The highest BCUT2D eigenvalue weighted by Crippen LogP contribution is 2.31. The minimum Gasteiger partial charge on any atom is -0.378 e. The van der Waals surface area contributed by atoms with Gasteiger partial charge in [0.05, 0.1) is 24.3 Å². The fraction of sp³-hybridized carbons (Fsp3) is 0.400. The van der Waals surface area contributed by atoms with Crippen LogP contribution < -0.4 is 5.32 Å². The first kappa shape index (κ1) is 14.0. The quantitative estimate of drug-likeness (QED) is 0.801. The molecule has 2 nitrogen and oxygen atoms in total. The number of morpholine rings is 1. The number of hydrogen-bond donors (Lipinski definition) is 1. The average molecular weight is 287 g/mol. The standard InChI is InChI=1S/C10H10Cl2FNO.ClH/c11-6-1-2-7(12)10(13)9(6)8-5-15-4-3-14-8;/h1-2,8,14H,3-5H2;1H/t8-;/m0./s1. The van der Waals surface area contributed by atoms with E-state index < -0.39 is 5.82 Å². The zero-order valence-electron chi connectivity index (χ0n) is 8.30. The first-order valence-corrected chi connectivity index (χ1v) is 5.40. The topological polar surface area (TPSA) is 21.3 Å². The van der Waals surface area contributed by atoms with E-state index in [-0.39, 0.29) is 23.5 Å². The summed E-state index contributed by atoms with van der Waals surface area (Å²) >= 11 is 11.6. The highest BCUT2D eigenvalue weighted by Gasteiger charge is 2.22. The summed E-state index contributed by atoms with van der Waals surface area (Å²) in [6.07, 6.45) is 0. The molecule has 1 aliphatic rings. The summed E-state index contributed by atoms with van der Waals surface area (Å²) in [4.78, 5) is 0. The van der Waals surface area contributed by atoms with Crippen molar-refractivity contribution in [3.05, 3.63) is 33.6 Å². The Kier molecular flexibility index (Phi) is 5.28. The van der Waals surface area contributed by atoms with Gasteiger partial charge in [-0.1, -0.05) is 23.2 Å². The van der Waals surface area contributed by atoms with Crippen molar-refractivity contribution in [1.82, 2.24) is 5.32 Å². The second kappa shape index (κ2) is 6.03. The van der Waals surface area contributed by atoms with Gasteiger partial charge in [0.1, 0.15) is 5.82 Å². The average Bonchev–Trinajstić information content (AvgIpc) is 2.26. The van der Waals surface area contributed by atoms with Crippen LogP contribution in [0.4, 0.5) is 4.39 Å². The van der Waals surface area contributed by atoms with Crippen LogP contribution in [0, 0.1) is 5.82 Å². The van der Waals surface area contributed by atoms with Crippen LogP contribution in [0.15, 0.2) is 12.1 Å². The molecule has 1 heterocycles. The normalized spacial score (nSPS) is 20.3. The van der Waals surface area contributed by atoms with Crippen LogP contribution in [0.2, 0.25) is 10.0 Å². The van der Waals surface area contributed by atoms with Gasteiger partial charge >= 0.3 is 0 Å². The van der Waals surface area contributed by atoms with E-state index in [0.29, 0.717) is 30.3 Å². The van der Waals surface area contributed by atoms with E-state index in [2.05, 4.69) is 5.32 Å². The number of halogens is 4. The molecular formula is C10H11Cl3FNO. The molecule has 1 aliphatic heterocycles. The molecule has 0 aliphatic carbocycles. The molecule has 2 rings (SSSR count). The second-order valence-electron chi connectivity index (χ2n) is 3.34. The van der Waals surface area contributed by atoms with E-state index in [1.165, 1.54) is 6.07 Å². The van der Waals surface area contributed by atoms with Crippen LogP contribution in [0.25, 0.3) is 0 Å². The van der Waals surface area contributed by atoms with Crippen LogP contribution in [0.5, 0.6) is 0 Å². The monoisotopic (exact) mass is 285 g/mol. The lowest BCUT2D eigenvalue weighted by Gasteiger charge is -2.25. The van der Waals surface area contributed by atoms with E-state index in [0.717, 1.165) is 0 Å². The molecule has 1 atom stereocenters. The molecule has 0 amide bonds. The summed E-state index contributed by atoms with van der Waals surface area (Å²) in [5.74, 6) is -0.466. The molecule has 1 fully saturated rings. The molecule has 6 heteroatoms. The number of benzene rings is 1. The summed E-state index contributed by atoms with van der Waals surface area (Å²) in [7, 11) is 0. The first-order chi connectivity index (χ1) is 7.20. The molecule has 0 unspecified atom stereocenters. The van der Waals surface area contributed by atoms with Gasteiger partial charge in [0, 0.05) is 17.1 Å². The second-order valence-corrected chi connectivity index (χ2v) is 4.15. The Morgan fingerprint density at radius 1 is 1.31 bits per heavy atom. The summed E-state index contributed by atoms with van der Waals surface area (Å²) in [6.45, 7) is 1.74. The fourth-order valence-corrected chi connectivity index (χ4v) is 2.06. The van der Waals surface area contributed by atoms with Crippen molar-refractivity contribution >= 4 is 35.6 Å². The van der Waals surface area contributed by atoms with Gasteiger partial charge in [0.25, 0.3) is 0 Å². The molecular weight excluding hydrogens is 275 g/mol. The van der Waals surface area contributed by atoms with Crippen LogP contribution in [0.3, 0.4) is 0 Å². The molecule has 0 saturated carbocycles. The van der Waals surface area contributed by atoms with Crippen LogP contribution in [-0.4, -0.2) is 19.8 Å². The highest BCUT2D eigenvalue weighted by molar-refractivity contribution is 6.33. The number of rotatable bonds is 1. The van der Waals surface area contributed by atoms with Crippen LogP contribution in [0.1, 0.15) is 11.6 Å². The van der Waals surface area contributed by atoms with E-state index >= 15 is 0 Å². The van der Waals surface area contributed by atoms with E-state index in [1.807, 2.05) is 0 Å². The van der Waals surface area contributed by atoms with Crippen molar-refractivity contribution in [2.24, 2.45) is 0 Å². The van der Waals surface area contributed by atoms with E-state index in [4.69, 9.17) is 27.9 Å². The molecule has 1 aromatic carbocycles. The molecule has 1 N–H and O–H groups in total. The van der Waals surface area contributed by atoms with Crippen molar-refractivity contribution in [3.8, 4) is 0 Å². The van der Waals surface area contributed by atoms with Crippen molar-refractivity contribution < 1.29 is 9.13 Å². The molecule has 90 valence electrons. The van der Waals surface area contributed by atoms with Gasteiger partial charge in [-0.3, -0.25) is 0 Å². The lowest BCUT2D eigenvalue weighted by molar-refractivity contribution is 0.0758. The van der Waals surface area contributed by atoms with Gasteiger partial charge < -0.3 is 10.1 Å². The molecule has 1 saturated heterocycles. The maximum atomic E-state index is 13.7. The molecule has 0 bridgehead atoms. The van der Waals surface area contributed by atoms with Gasteiger partial charge in [-0.2, -0.15) is 0 Å². The van der Waals surface area contributed by atoms with Crippen LogP contribution >= 0.6 is 35.6 Å². The lowest BCUT2D eigenvalue weighted by Crippen LogP contribution is -2.35. The predicted molar refractivity (Wildman–Crippen MR) is 65.2 cm³/mol. The largest absolute Gasteiger partial charge is 0.378 e. The summed E-state index contributed by atoms with van der Waals surface area (Å²) in [5.41, 5.74) is 0.392. The van der Waals surface area contributed by atoms with Crippen molar-refractivity contribution in [3.63, 3.8) is 0 Å². The summed E-state index contributed by atoms with van der Waals surface area (Å²) in [6, 6.07) is 2.83. The minimum atomic E-state index is -0.466. The number of nitrogens with one attached hydrogen (secondary N) is 1. The Hall–Kier alpha value is -0.0600. The fourth-order valence-electron chi connectivity index (χ4n) is 1.61. The third-order valence-electron chi connectivity index (χ3n) is 2.35. The molecule has 0 radical (unpaired) electrons. The predicted octanol–water partition coefficient (Wildman–Crippen LogP) is 3.22. The summed E-state index contributed by atoms with van der Waals surface area (Å²) < 4.78 is 19.0. The van der Waals surface area contributed by atoms with E-state index in [1.54, 1.807) is 6.07 Å². The first-order valence-electron chi connectivity index (χ1n) is 4.64. The van der Waals surface area contributed by atoms with Crippen molar-refractivity contribution in [2.45, 2.75) is 6.04 Å². The molecule has 1 aromatic rings. The van der Waals surface area contributed by atoms with Crippen LogP contribution in [-0.2, 0) is 4.74 Å². The zero-order chi connectivity index (χ0) is 10.8. The molecule has 0 aromatic heterocycles. The third-order valence-corrected chi connectivity index (χ3v) is 2.97. The minimum absolute atomic E-state index is 0. The Balaban J connectivity index is 0.00000128. The highest BCUT2D eigenvalue weighted by atomic mass is 35.5. The maximum absolute atomic E-state index is 13.7. The summed E-state index contributed by atoms with van der Waals surface area (Å²) in [5, 5.41) is 3.60. The van der Waals surface area contributed by atoms with Gasteiger partial charge in [-0.25, -0.2) is 4.39 Å². The SMILES string of the molecule is Cl.Fc1c(Cl)ccc(Cl)c1[C@@H]1COCCN1. The number of hydrogen-bond acceptors (Lipinski definition) is 2. The maximum Gasteiger partial charge on any atom is 0.148 e. The Morgan fingerprint density at radius 2 is 2.00 bits per heavy atom. The Bertz CT molecular complexity index is 369. The van der Waals surface area contributed by atoms with Gasteiger partial charge in [0.2, 0.25) is 0 Å². The van der Waals surface area contributed by atoms with Gasteiger partial charge in [-0.15, -0.1) is 12.4 Å². The van der Waals surface area contributed by atoms with E-state index in [9.17, 15) is 4.39 Å². The number of ether oxygens (including phenoxy) is 1. The molecule has 16 heavy (non-hydrogen) atoms. The van der Waals surface area contributed by atoms with Gasteiger partial charge in [-0.05, 0) is 12.1 Å². The lowest BCUT2D eigenvalue weighted by atomic mass is 10.1. The Morgan fingerprint density at radius 3 is 2.62 bits per heavy atom.